The van der Waals surface area contributed by atoms with Crippen LogP contribution in [0.3, 0.4) is 0 Å². The molecular formula is C11H20N2O2. The molecule has 1 saturated carbocycles. The van der Waals surface area contributed by atoms with Gasteiger partial charge in [-0.05, 0) is 44.2 Å². The zero-order valence-electron chi connectivity index (χ0n) is 9.32. The van der Waals surface area contributed by atoms with Gasteiger partial charge < -0.3 is 10.5 Å². The van der Waals surface area contributed by atoms with Crippen LogP contribution < -0.4 is 5.73 Å². The molecule has 2 atom stereocenters. The van der Waals surface area contributed by atoms with E-state index < -0.39 is 0 Å². The molecule has 1 saturated heterocycles. The zero-order valence-corrected chi connectivity index (χ0v) is 9.32. The standard InChI is InChI=1S/C11H20N2O2/c1-15-11(14)10(9-2-3-9)13-5-4-8(6-12)7-13/h8-10H,2-7,12H2,1H3. The summed E-state index contributed by atoms with van der Waals surface area (Å²) in [5, 5.41) is 0. The highest BCUT2D eigenvalue weighted by atomic mass is 16.5. The lowest BCUT2D eigenvalue weighted by Gasteiger charge is -2.25. The molecule has 0 radical (unpaired) electrons. The Morgan fingerprint density at radius 3 is 2.73 bits per heavy atom. The summed E-state index contributed by atoms with van der Waals surface area (Å²) in [5.74, 6) is 1.04. The van der Waals surface area contributed by atoms with E-state index in [4.69, 9.17) is 10.5 Å². The van der Waals surface area contributed by atoms with E-state index in [1.54, 1.807) is 0 Å². The Morgan fingerprint density at radius 1 is 1.53 bits per heavy atom. The molecule has 2 aliphatic rings. The third kappa shape index (κ3) is 2.32. The first kappa shape index (κ1) is 10.9. The summed E-state index contributed by atoms with van der Waals surface area (Å²) in [4.78, 5) is 13.9. The van der Waals surface area contributed by atoms with E-state index in [2.05, 4.69) is 4.90 Å². The quantitative estimate of drug-likeness (QED) is 0.677. The van der Waals surface area contributed by atoms with Crippen LogP contribution in [0.5, 0.6) is 0 Å². The molecule has 0 spiro atoms. The molecule has 0 aromatic rings. The molecule has 86 valence electrons. The van der Waals surface area contributed by atoms with Gasteiger partial charge in [0.2, 0.25) is 0 Å². The van der Waals surface area contributed by atoms with Crippen molar-refractivity contribution in [3.63, 3.8) is 0 Å². The van der Waals surface area contributed by atoms with Gasteiger partial charge in [-0.25, -0.2) is 0 Å². The number of carbonyl (C=O) groups excluding carboxylic acids is 1. The molecule has 0 aromatic carbocycles. The number of methoxy groups -OCH3 is 1. The smallest absolute Gasteiger partial charge is 0.323 e. The van der Waals surface area contributed by atoms with Crippen molar-refractivity contribution in [2.45, 2.75) is 25.3 Å². The third-order valence-electron chi connectivity index (χ3n) is 3.56. The number of ether oxygens (including phenoxy) is 1. The van der Waals surface area contributed by atoms with E-state index in [1.807, 2.05) is 0 Å². The fourth-order valence-corrected chi connectivity index (χ4v) is 2.48. The summed E-state index contributed by atoms with van der Waals surface area (Å²) in [5.41, 5.74) is 5.65. The highest BCUT2D eigenvalue weighted by molar-refractivity contribution is 5.76. The summed E-state index contributed by atoms with van der Waals surface area (Å²) in [7, 11) is 1.48. The Hall–Kier alpha value is -0.610. The Balaban J connectivity index is 1.96. The van der Waals surface area contributed by atoms with E-state index in [0.717, 1.165) is 26.1 Å². The minimum Gasteiger partial charge on any atom is -0.468 e. The van der Waals surface area contributed by atoms with Crippen molar-refractivity contribution in [3.8, 4) is 0 Å². The van der Waals surface area contributed by atoms with Gasteiger partial charge in [0.05, 0.1) is 7.11 Å². The minimum absolute atomic E-state index is 0.00606. The second-order valence-corrected chi connectivity index (χ2v) is 4.69. The van der Waals surface area contributed by atoms with Crippen molar-refractivity contribution in [3.05, 3.63) is 0 Å². The second kappa shape index (κ2) is 4.49. The first-order chi connectivity index (χ1) is 7.26. The molecule has 1 aliphatic carbocycles. The molecule has 1 aliphatic heterocycles. The maximum atomic E-state index is 11.7. The SMILES string of the molecule is COC(=O)C(C1CC1)N1CCC(CN)C1. The second-order valence-electron chi connectivity index (χ2n) is 4.69. The number of esters is 1. The zero-order chi connectivity index (χ0) is 10.8. The Morgan fingerprint density at radius 2 is 2.27 bits per heavy atom. The van der Waals surface area contributed by atoms with Crippen LogP contribution in [0.1, 0.15) is 19.3 Å². The van der Waals surface area contributed by atoms with Gasteiger partial charge in [-0.3, -0.25) is 9.69 Å². The van der Waals surface area contributed by atoms with Crippen LogP contribution in [0.4, 0.5) is 0 Å². The van der Waals surface area contributed by atoms with Crippen molar-refractivity contribution in [2.24, 2.45) is 17.6 Å². The lowest BCUT2D eigenvalue weighted by Crippen LogP contribution is -2.42. The van der Waals surface area contributed by atoms with Crippen molar-refractivity contribution in [1.29, 1.82) is 0 Å². The fourth-order valence-electron chi connectivity index (χ4n) is 2.48. The first-order valence-corrected chi connectivity index (χ1v) is 5.78. The third-order valence-corrected chi connectivity index (χ3v) is 3.56. The van der Waals surface area contributed by atoms with Crippen molar-refractivity contribution >= 4 is 5.97 Å². The summed E-state index contributed by atoms with van der Waals surface area (Å²) in [6.07, 6.45) is 3.46. The molecule has 4 nitrogen and oxygen atoms in total. The molecule has 2 N–H and O–H groups in total. The summed E-state index contributed by atoms with van der Waals surface area (Å²) >= 11 is 0. The van der Waals surface area contributed by atoms with Crippen LogP contribution in [-0.2, 0) is 9.53 Å². The molecule has 2 rings (SSSR count). The predicted octanol–water partition coefficient (Wildman–Crippen LogP) is 0.219. The van der Waals surface area contributed by atoms with Crippen molar-refractivity contribution in [2.75, 3.05) is 26.7 Å². The van der Waals surface area contributed by atoms with Gasteiger partial charge in [-0.2, -0.15) is 0 Å². The van der Waals surface area contributed by atoms with Crippen molar-refractivity contribution in [1.82, 2.24) is 4.90 Å². The Bertz CT molecular complexity index is 241. The van der Waals surface area contributed by atoms with Gasteiger partial charge in [-0.15, -0.1) is 0 Å². The topological polar surface area (TPSA) is 55.6 Å². The molecule has 2 unspecified atom stereocenters. The highest BCUT2D eigenvalue weighted by Crippen LogP contribution is 2.37. The van der Waals surface area contributed by atoms with E-state index in [9.17, 15) is 4.79 Å². The Kier molecular flexibility index (Phi) is 3.26. The minimum atomic E-state index is -0.0600. The largest absolute Gasteiger partial charge is 0.468 e. The highest BCUT2D eigenvalue weighted by Gasteiger charge is 2.42. The van der Waals surface area contributed by atoms with Gasteiger partial charge in [0.1, 0.15) is 6.04 Å². The summed E-state index contributed by atoms with van der Waals surface area (Å²) in [6.45, 7) is 2.69. The number of carbonyl (C=O) groups is 1. The predicted molar refractivity (Wildman–Crippen MR) is 57.3 cm³/mol. The van der Waals surface area contributed by atoms with Crippen LogP contribution in [0, 0.1) is 11.8 Å². The van der Waals surface area contributed by atoms with Crippen LogP contribution in [0.15, 0.2) is 0 Å². The van der Waals surface area contributed by atoms with Gasteiger partial charge in [0.15, 0.2) is 0 Å². The average Bonchev–Trinajstić information content (AvgIpc) is 2.96. The summed E-state index contributed by atoms with van der Waals surface area (Å²) < 4.78 is 4.88. The van der Waals surface area contributed by atoms with E-state index in [1.165, 1.54) is 20.0 Å². The van der Waals surface area contributed by atoms with Crippen LogP contribution >= 0.6 is 0 Å². The normalized spacial score (nSPS) is 29.1. The maximum absolute atomic E-state index is 11.7. The molecule has 1 heterocycles. The van der Waals surface area contributed by atoms with E-state index in [0.29, 0.717) is 11.8 Å². The molecular weight excluding hydrogens is 192 g/mol. The summed E-state index contributed by atoms with van der Waals surface area (Å²) in [6, 6.07) is 0.00606. The van der Waals surface area contributed by atoms with Crippen LogP contribution in [0.2, 0.25) is 0 Å². The number of nitrogens with zero attached hydrogens (tertiary/aromatic N) is 1. The molecule has 0 bridgehead atoms. The number of hydrogen-bond acceptors (Lipinski definition) is 4. The number of rotatable bonds is 4. The lowest BCUT2D eigenvalue weighted by atomic mass is 10.1. The monoisotopic (exact) mass is 212 g/mol. The van der Waals surface area contributed by atoms with E-state index >= 15 is 0 Å². The van der Waals surface area contributed by atoms with Gasteiger partial charge in [0, 0.05) is 6.54 Å². The molecule has 0 amide bonds. The van der Waals surface area contributed by atoms with Gasteiger partial charge in [-0.1, -0.05) is 0 Å². The fraction of sp³-hybridized carbons (Fsp3) is 0.909. The number of hydrogen-bond donors (Lipinski definition) is 1. The molecule has 15 heavy (non-hydrogen) atoms. The van der Waals surface area contributed by atoms with Gasteiger partial charge in [0.25, 0.3) is 0 Å². The Labute approximate surface area is 90.8 Å². The lowest BCUT2D eigenvalue weighted by molar-refractivity contribution is -0.147. The average molecular weight is 212 g/mol. The molecule has 0 aromatic heterocycles. The maximum Gasteiger partial charge on any atom is 0.323 e. The van der Waals surface area contributed by atoms with Gasteiger partial charge >= 0.3 is 5.97 Å². The molecule has 4 heteroatoms. The number of nitrogens with two attached hydrogens (primary N) is 1. The van der Waals surface area contributed by atoms with E-state index in [-0.39, 0.29) is 12.0 Å². The van der Waals surface area contributed by atoms with Crippen LogP contribution in [-0.4, -0.2) is 43.7 Å². The van der Waals surface area contributed by atoms with Crippen molar-refractivity contribution < 1.29 is 9.53 Å². The molecule has 2 fully saturated rings. The number of likely N-dealkylation sites (tertiary alicyclic amines) is 1. The van der Waals surface area contributed by atoms with Crippen LogP contribution in [0.25, 0.3) is 0 Å². The first-order valence-electron chi connectivity index (χ1n) is 5.78.